The molecule has 0 atom stereocenters. The van der Waals surface area contributed by atoms with E-state index in [4.69, 9.17) is 10.5 Å². The van der Waals surface area contributed by atoms with Crippen LogP contribution >= 0.6 is 0 Å². The highest BCUT2D eigenvalue weighted by atomic mass is 19.1. The van der Waals surface area contributed by atoms with Gasteiger partial charge in [0.1, 0.15) is 11.4 Å². The lowest BCUT2D eigenvalue weighted by molar-refractivity contribution is 0.0992. The van der Waals surface area contributed by atoms with Crippen molar-refractivity contribution in [1.82, 2.24) is 4.57 Å². The summed E-state index contributed by atoms with van der Waals surface area (Å²) in [6.07, 6.45) is 0. The second kappa shape index (κ2) is 6.11. The Kier molecular flexibility index (Phi) is 4.42. The van der Waals surface area contributed by atoms with Crippen LogP contribution in [0.4, 0.5) is 4.39 Å². The molecule has 6 heteroatoms. The summed E-state index contributed by atoms with van der Waals surface area (Å²) in [7, 11) is 3.20. The molecule has 2 rings (SSSR count). The quantitative estimate of drug-likeness (QED) is 0.935. The van der Waals surface area contributed by atoms with Crippen molar-refractivity contribution in [3.63, 3.8) is 0 Å². The molecule has 0 unspecified atom stereocenters. The van der Waals surface area contributed by atoms with Crippen LogP contribution in [0.1, 0.15) is 21.7 Å². The number of amides is 1. The standard InChI is InChI=1S/C16H17FN2O3/c1-9-13(10-4-6-11(17)7-5-10)15(20)14(16(18)21)12(8-22-3)19(9)2/h4-7H,8H2,1-3H3,(H2,18,21). The van der Waals surface area contributed by atoms with Gasteiger partial charge in [-0.1, -0.05) is 12.1 Å². The SMILES string of the molecule is COCc1c(C(N)=O)c(=O)c(-c2ccc(F)cc2)c(C)n1C. The Labute approximate surface area is 127 Å². The first kappa shape index (κ1) is 15.9. The van der Waals surface area contributed by atoms with Crippen LogP contribution < -0.4 is 11.2 Å². The van der Waals surface area contributed by atoms with Gasteiger partial charge >= 0.3 is 0 Å². The van der Waals surface area contributed by atoms with Crippen molar-refractivity contribution in [2.24, 2.45) is 12.8 Å². The summed E-state index contributed by atoms with van der Waals surface area (Å²) >= 11 is 0. The van der Waals surface area contributed by atoms with Crippen LogP contribution in [0.25, 0.3) is 11.1 Å². The van der Waals surface area contributed by atoms with Crippen LogP contribution in [0.2, 0.25) is 0 Å². The summed E-state index contributed by atoms with van der Waals surface area (Å²) in [5.74, 6) is -1.21. The van der Waals surface area contributed by atoms with E-state index >= 15 is 0 Å². The summed E-state index contributed by atoms with van der Waals surface area (Å²) in [6, 6.07) is 5.53. The monoisotopic (exact) mass is 304 g/mol. The van der Waals surface area contributed by atoms with Crippen molar-refractivity contribution >= 4 is 5.91 Å². The second-order valence-electron chi connectivity index (χ2n) is 4.97. The number of pyridine rings is 1. The van der Waals surface area contributed by atoms with Gasteiger partial charge in [0.25, 0.3) is 5.91 Å². The van der Waals surface area contributed by atoms with E-state index in [-0.39, 0.29) is 12.2 Å². The van der Waals surface area contributed by atoms with Gasteiger partial charge in [-0.25, -0.2) is 4.39 Å². The van der Waals surface area contributed by atoms with E-state index in [1.165, 1.54) is 31.4 Å². The molecule has 1 heterocycles. The van der Waals surface area contributed by atoms with E-state index in [0.29, 0.717) is 22.5 Å². The third-order valence-corrected chi connectivity index (χ3v) is 3.67. The average Bonchev–Trinajstić information content (AvgIpc) is 2.46. The molecule has 0 aliphatic rings. The predicted molar refractivity (Wildman–Crippen MR) is 81.0 cm³/mol. The van der Waals surface area contributed by atoms with E-state index in [1.807, 2.05) is 0 Å². The number of ether oxygens (including phenoxy) is 1. The van der Waals surface area contributed by atoms with Gasteiger partial charge in [-0.15, -0.1) is 0 Å². The third kappa shape index (κ3) is 2.65. The van der Waals surface area contributed by atoms with Crippen molar-refractivity contribution < 1.29 is 13.9 Å². The highest BCUT2D eigenvalue weighted by molar-refractivity contribution is 5.95. The molecule has 22 heavy (non-hydrogen) atoms. The lowest BCUT2D eigenvalue weighted by Crippen LogP contribution is -2.30. The molecule has 0 saturated heterocycles. The number of hydrogen-bond donors (Lipinski definition) is 1. The number of carbonyl (C=O) groups is 1. The summed E-state index contributed by atoms with van der Waals surface area (Å²) < 4.78 is 19.8. The molecule has 1 amide bonds. The van der Waals surface area contributed by atoms with Gasteiger partial charge in [0.2, 0.25) is 5.43 Å². The molecule has 0 aliphatic carbocycles. The maximum absolute atomic E-state index is 13.1. The number of nitrogens with zero attached hydrogens (tertiary/aromatic N) is 1. The molecule has 5 nitrogen and oxygen atoms in total. The van der Waals surface area contributed by atoms with Gasteiger partial charge in [0.05, 0.1) is 12.3 Å². The van der Waals surface area contributed by atoms with E-state index in [9.17, 15) is 14.0 Å². The van der Waals surface area contributed by atoms with Gasteiger partial charge in [-0.2, -0.15) is 0 Å². The number of primary amides is 1. The minimum Gasteiger partial charge on any atom is -0.378 e. The van der Waals surface area contributed by atoms with Gasteiger partial charge in [-0.05, 0) is 24.6 Å². The minimum atomic E-state index is -0.809. The van der Waals surface area contributed by atoms with E-state index in [0.717, 1.165) is 0 Å². The van der Waals surface area contributed by atoms with Crippen LogP contribution in [-0.2, 0) is 18.4 Å². The van der Waals surface area contributed by atoms with E-state index < -0.39 is 17.2 Å². The number of carbonyl (C=O) groups excluding carboxylic acids is 1. The van der Waals surface area contributed by atoms with E-state index in [2.05, 4.69) is 0 Å². The number of halogens is 1. The Balaban J connectivity index is 2.84. The fourth-order valence-corrected chi connectivity index (χ4v) is 2.47. The first-order chi connectivity index (χ1) is 10.4. The Bertz CT molecular complexity index is 779. The lowest BCUT2D eigenvalue weighted by Gasteiger charge is -2.18. The molecule has 116 valence electrons. The van der Waals surface area contributed by atoms with Crippen LogP contribution in [0.15, 0.2) is 29.1 Å². The van der Waals surface area contributed by atoms with Crippen molar-refractivity contribution in [1.29, 1.82) is 0 Å². The normalized spacial score (nSPS) is 10.7. The molecule has 0 radical (unpaired) electrons. The van der Waals surface area contributed by atoms with Crippen molar-refractivity contribution in [2.75, 3.05) is 7.11 Å². The molecule has 1 aromatic carbocycles. The average molecular weight is 304 g/mol. The summed E-state index contributed by atoms with van der Waals surface area (Å²) in [5.41, 5.74) is 6.72. The molecule has 0 aliphatic heterocycles. The minimum absolute atomic E-state index is 0.0918. The third-order valence-electron chi connectivity index (χ3n) is 3.67. The largest absolute Gasteiger partial charge is 0.378 e. The summed E-state index contributed by atoms with van der Waals surface area (Å²) in [4.78, 5) is 24.4. The first-order valence-corrected chi connectivity index (χ1v) is 6.65. The van der Waals surface area contributed by atoms with Gasteiger partial charge < -0.3 is 15.0 Å². The van der Waals surface area contributed by atoms with E-state index in [1.54, 1.807) is 18.5 Å². The maximum Gasteiger partial charge on any atom is 0.254 e. The van der Waals surface area contributed by atoms with Crippen molar-refractivity contribution in [3.8, 4) is 11.1 Å². The molecule has 1 aromatic heterocycles. The zero-order valence-corrected chi connectivity index (χ0v) is 12.6. The number of hydrogen-bond acceptors (Lipinski definition) is 3. The molecule has 2 aromatic rings. The maximum atomic E-state index is 13.1. The Morgan fingerprint density at radius 3 is 2.41 bits per heavy atom. The van der Waals surface area contributed by atoms with Crippen LogP contribution in [-0.4, -0.2) is 17.6 Å². The van der Waals surface area contributed by atoms with Gasteiger partial charge in [0, 0.05) is 25.4 Å². The van der Waals surface area contributed by atoms with Crippen molar-refractivity contribution in [3.05, 3.63) is 57.3 Å². The molecular formula is C16H17FN2O3. The fourth-order valence-electron chi connectivity index (χ4n) is 2.47. The van der Waals surface area contributed by atoms with Gasteiger partial charge in [0.15, 0.2) is 0 Å². The zero-order chi connectivity index (χ0) is 16.4. The fraction of sp³-hybridized carbons (Fsp3) is 0.250. The van der Waals surface area contributed by atoms with Crippen molar-refractivity contribution in [2.45, 2.75) is 13.5 Å². The van der Waals surface area contributed by atoms with Crippen LogP contribution in [0, 0.1) is 12.7 Å². The first-order valence-electron chi connectivity index (χ1n) is 6.65. The molecular weight excluding hydrogens is 287 g/mol. The second-order valence-corrected chi connectivity index (χ2v) is 4.97. The topological polar surface area (TPSA) is 74.3 Å². The lowest BCUT2D eigenvalue weighted by atomic mass is 9.99. The number of aromatic nitrogens is 1. The number of rotatable bonds is 4. The van der Waals surface area contributed by atoms with Crippen LogP contribution in [0.5, 0.6) is 0 Å². The molecule has 0 bridgehead atoms. The number of methoxy groups -OCH3 is 1. The van der Waals surface area contributed by atoms with Gasteiger partial charge in [-0.3, -0.25) is 9.59 Å². The predicted octanol–water partition coefficient (Wildman–Crippen LogP) is 1.75. The Morgan fingerprint density at radius 1 is 1.32 bits per heavy atom. The number of nitrogens with two attached hydrogens (primary N) is 1. The Morgan fingerprint density at radius 2 is 1.91 bits per heavy atom. The zero-order valence-electron chi connectivity index (χ0n) is 12.6. The molecule has 0 saturated carbocycles. The smallest absolute Gasteiger partial charge is 0.254 e. The highest BCUT2D eigenvalue weighted by Gasteiger charge is 2.22. The molecule has 0 spiro atoms. The number of benzene rings is 1. The van der Waals surface area contributed by atoms with Crippen LogP contribution in [0.3, 0.4) is 0 Å². The molecule has 0 fully saturated rings. The Hall–Kier alpha value is -2.47. The summed E-state index contributed by atoms with van der Waals surface area (Å²) in [5, 5.41) is 0. The highest BCUT2D eigenvalue weighted by Crippen LogP contribution is 2.22. The molecule has 2 N–H and O–H groups in total. The summed E-state index contributed by atoms with van der Waals surface area (Å²) in [6.45, 7) is 1.85.